The maximum absolute atomic E-state index is 12.6. The molecule has 1 fully saturated rings. The highest BCUT2D eigenvalue weighted by Gasteiger charge is 2.38. The number of rotatable bonds is 3. The Balaban J connectivity index is 2.16. The minimum absolute atomic E-state index is 0.162. The van der Waals surface area contributed by atoms with Gasteiger partial charge in [0.25, 0.3) is 0 Å². The van der Waals surface area contributed by atoms with Crippen molar-refractivity contribution in [2.45, 2.75) is 31.6 Å². The first-order chi connectivity index (χ1) is 9.79. The van der Waals surface area contributed by atoms with E-state index in [4.69, 9.17) is 10.9 Å². The minimum atomic E-state index is -3.47. The second-order valence-electron chi connectivity index (χ2n) is 5.76. The molecule has 1 aromatic carbocycles. The Kier molecular flexibility index (Phi) is 4.25. The smallest absolute Gasteiger partial charge is 0.243 e. The van der Waals surface area contributed by atoms with Crippen molar-refractivity contribution in [3.8, 4) is 0 Å². The maximum Gasteiger partial charge on any atom is 0.243 e. The molecule has 21 heavy (non-hydrogen) atoms. The first-order valence-electron chi connectivity index (χ1n) is 6.84. The van der Waals surface area contributed by atoms with Crippen LogP contribution in [0.15, 0.2) is 34.3 Å². The molecule has 0 atom stereocenters. The van der Waals surface area contributed by atoms with Gasteiger partial charge in [-0.15, -0.1) is 0 Å². The largest absolute Gasteiger partial charge is 0.409 e. The molecule has 7 heteroatoms. The molecule has 1 saturated heterocycles. The molecule has 1 aliphatic rings. The van der Waals surface area contributed by atoms with E-state index in [-0.39, 0.29) is 5.84 Å². The summed E-state index contributed by atoms with van der Waals surface area (Å²) in [5, 5.41) is 11.9. The fourth-order valence-electron chi connectivity index (χ4n) is 2.46. The number of hydrogen-bond acceptors (Lipinski definition) is 4. The third-order valence-corrected chi connectivity index (χ3v) is 6.12. The molecule has 0 bridgehead atoms. The standard InChI is InChI=1S/C14H21N3O3S/c1-11-3-5-12(6-4-11)21(19,20)17-9-7-14(2,8-10-17)13(15)16-18/h3-6,18H,7-10H2,1-2H3,(H2,15,16). The predicted octanol–water partition coefficient (Wildman–Crippen LogP) is 1.53. The predicted molar refractivity (Wildman–Crippen MR) is 80.7 cm³/mol. The van der Waals surface area contributed by atoms with Crippen LogP contribution in [0.1, 0.15) is 25.3 Å². The van der Waals surface area contributed by atoms with E-state index in [1.807, 2.05) is 13.8 Å². The number of piperidine rings is 1. The fraction of sp³-hybridized carbons (Fsp3) is 0.500. The molecule has 6 nitrogen and oxygen atoms in total. The van der Waals surface area contributed by atoms with Gasteiger partial charge in [-0.05, 0) is 31.9 Å². The third-order valence-electron chi connectivity index (χ3n) is 4.21. The summed E-state index contributed by atoms with van der Waals surface area (Å²) < 4.78 is 26.6. The maximum atomic E-state index is 12.6. The first-order valence-corrected chi connectivity index (χ1v) is 8.28. The Labute approximate surface area is 125 Å². The number of amidine groups is 1. The average Bonchev–Trinajstić information content (AvgIpc) is 2.47. The van der Waals surface area contributed by atoms with Crippen molar-refractivity contribution in [3.63, 3.8) is 0 Å². The summed E-state index contributed by atoms with van der Waals surface area (Å²) in [4.78, 5) is 0.306. The lowest BCUT2D eigenvalue weighted by atomic mass is 9.80. The van der Waals surface area contributed by atoms with E-state index in [2.05, 4.69) is 5.16 Å². The normalized spacial score (nSPS) is 20.4. The van der Waals surface area contributed by atoms with E-state index in [0.717, 1.165) is 5.56 Å². The number of hydrogen-bond donors (Lipinski definition) is 2. The summed E-state index contributed by atoms with van der Waals surface area (Å²) in [6.45, 7) is 4.53. The van der Waals surface area contributed by atoms with Gasteiger partial charge in [0, 0.05) is 18.5 Å². The van der Waals surface area contributed by atoms with Crippen molar-refractivity contribution in [1.82, 2.24) is 4.31 Å². The van der Waals surface area contributed by atoms with Crippen LogP contribution < -0.4 is 5.73 Å². The van der Waals surface area contributed by atoms with Crippen molar-refractivity contribution < 1.29 is 13.6 Å². The average molecular weight is 311 g/mol. The van der Waals surface area contributed by atoms with Crippen LogP contribution in [0.2, 0.25) is 0 Å². The molecule has 0 radical (unpaired) electrons. The summed E-state index contributed by atoms with van der Waals surface area (Å²) >= 11 is 0. The van der Waals surface area contributed by atoms with E-state index >= 15 is 0 Å². The second kappa shape index (κ2) is 5.65. The van der Waals surface area contributed by atoms with Crippen LogP contribution in [0, 0.1) is 12.3 Å². The van der Waals surface area contributed by atoms with Crippen LogP contribution in [0.5, 0.6) is 0 Å². The lowest BCUT2D eigenvalue weighted by molar-refractivity contribution is 0.230. The number of aryl methyl sites for hydroxylation is 1. The molecule has 1 heterocycles. The molecule has 116 valence electrons. The number of oxime groups is 1. The van der Waals surface area contributed by atoms with Gasteiger partial charge < -0.3 is 10.9 Å². The fourth-order valence-corrected chi connectivity index (χ4v) is 3.90. The van der Waals surface area contributed by atoms with E-state index in [0.29, 0.717) is 30.8 Å². The molecule has 3 N–H and O–H groups in total. The number of sulfonamides is 1. The summed E-state index contributed by atoms with van der Waals surface area (Å²) in [6.07, 6.45) is 1.07. The van der Waals surface area contributed by atoms with Crippen molar-refractivity contribution in [2.75, 3.05) is 13.1 Å². The molecule has 0 amide bonds. The summed E-state index contributed by atoms with van der Waals surface area (Å²) in [7, 11) is -3.47. The van der Waals surface area contributed by atoms with E-state index in [9.17, 15) is 8.42 Å². The van der Waals surface area contributed by atoms with Gasteiger partial charge >= 0.3 is 0 Å². The van der Waals surface area contributed by atoms with Gasteiger partial charge in [-0.3, -0.25) is 0 Å². The molecule has 0 aliphatic carbocycles. The molecule has 0 aromatic heterocycles. The minimum Gasteiger partial charge on any atom is -0.409 e. The number of nitrogens with zero attached hydrogens (tertiary/aromatic N) is 2. The highest BCUT2D eigenvalue weighted by Crippen LogP contribution is 2.33. The monoisotopic (exact) mass is 311 g/mol. The zero-order valence-corrected chi connectivity index (χ0v) is 13.1. The lowest BCUT2D eigenvalue weighted by Crippen LogP contribution is -2.47. The highest BCUT2D eigenvalue weighted by molar-refractivity contribution is 7.89. The third kappa shape index (κ3) is 3.03. The molecular formula is C14H21N3O3S. The summed E-state index contributed by atoms with van der Waals surface area (Å²) in [5.74, 6) is 0.162. The Morgan fingerprint density at radius 1 is 1.29 bits per heavy atom. The van der Waals surface area contributed by atoms with Gasteiger partial charge in [0.2, 0.25) is 10.0 Å². The summed E-state index contributed by atoms with van der Waals surface area (Å²) in [6, 6.07) is 6.83. The highest BCUT2D eigenvalue weighted by atomic mass is 32.2. The van der Waals surface area contributed by atoms with Gasteiger partial charge in [0.1, 0.15) is 5.84 Å². The van der Waals surface area contributed by atoms with Gasteiger partial charge in [-0.1, -0.05) is 29.8 Å². The van der Waals surface area contributed by atoms with Crippen molar-refractivity contribution in [3.05, 3.63) is 29.8 Å². The SMILES string of the molecule is Cc1ccc(S(=O)(=O)N2CCC(C)(/C(N)=N/O)CC2)cc1. The molecule has 0 saturated carbocycles. The Bertz CT molecular complexity index is 630. The van der Waals surface area contributed by atoms with Crippen molar-refractivity contribution >= 4 is 15.9 Å². The van der Waals surface area contributed by atoms with Gasteiger partial charge in [0.05, 0.1) is 4.90 Å². The first kappa shape index (κ1) is 15.8. The number of benzene rings is 1. The van der Waals surface area contributed by atoms with Crippen molar-refractivity contribution in [1.29, 1.82) is 0 Å². The van der Waals surface area contributed by atoms with Crippen LogP contribution in [0.25, 0.3) is 0 Å². The van der Waals surface area contributed by atoms with Crippen LogP contribution in [0.4, 0.5) is 0 Å². The van der Waals surface area contributed by atoms with Crippen LogP contribution in [0.3, 0.4) is 0 Å². The van der Waals surface area contributed by atoms with Crippen LogP contribution in [-0.2, 0) is 10.0 Å². The summed E-state index contributed by atoms with van der Waals surface area (Å²) in [5.41, 5.74) is 6.27. The zero-order valence-electron chi connectivity index (χ0n) is 12.3. The molecule has 2 rings (SSSR count). The van der Waals surface area contributed by atoms with E-state index in [1.165, 1.54) is 4.31 Å². The molecule has 1 aromatic rings. The van der Waals surface area contributed by atoms with Gasteiger partial charge in [-0.25, -0.2) is 8.42 Å². The number of nitrogens with two attached hydrogens (primary N) is 1. The second-order valence-corrected chi connectivity index (χ2v) is 7.70. The Hall–Kier alpha value is -1.60. The van der Waals surface area contributed by atoms with Crippen molar-refractivity contribution in [2.24, 2.45) is 16.3 Å². The molecular weight excluding hydrogens is 290 g/mol. The molecule has 1 aliphatic heterocycles. The Morgan fingerprint density at radius 3 is 2.29 bits per heavy atom. The molecule has 0 spiro atoms. The Morgan fingerprint density at radius 2 is 1.81 bits per heavy atom. The molecule has 0 unspecified atom stereocenters. The van der Waals surface area contributed by atoms with Gasteiger partial charge in [0.15, 0.2) is 0 Å². The topological polar surface area (TPSA) is 96.0 Å². The van der Waals surface area contributed by atoms with Gasteiger partial charge in [-0.2, -0.15) is 4.31 Å². The zero-order chi connectivity index (χ0) is 15.7. The quantitative estimate of drug-likeness (QED) is 0.383. The van der Waals surface area contributed by atoms with E-state index in [1.54, 1.807) is 24.3 Å². The lowest BCUT2D eigenvalue weighted by Gasteiger charge is -2.37. The van der Waals surface area contributed by atoms with Crippen LogP contribution in [-0.4, -0.2) is 36.9 Å². The van der Waals surface area contributed by atoms with Crippen LogP contribution >= 0.6 is 0 Å². The van der Waals surface area contributed by atoms with E-state index < -0.39 is 15.4 Å².